The number of halogens is 2. The van der Waals surface area contributed by atoms with Crippen molar-refractivity contribution in [2.24, 2.45) is 0 Å². The molecule has 0 saturated carbocycles. The molecule has 0 aromatic carbocycles. The van der Waals surface area contributed by atoms with Gasteiger partial charge in [0.05, 0.1) is 0 Å². The zero-order valence-electron chi connectivity index (χ0n) is 1.76. The summed E-state index contributed by atoms with van der Waals surface area (Å²) in [5.74, 6) is 0. The molecule has 0 N–H and O–H groups in total. The molecule has 0 aliphatic heterocycles. The minimum atomic E-state index is -0.143. The molecule has 4 heavy (non-hydrogen) atoms. The minimum absolute atomic E-state index is 0. The van der Waals surface area contributed by atoms with Crippen molar-refractivity contribution in [1.82, 2.24) is 0 Å². The van der Waals surface area contributed by atoms with E-state index in [9.17, 15) is 0 Å². The molecule has 0 saturated heterocycles. The molecule has 0 aliphatic rings. The zero-order chi connectivity index (χ0) is 2.71. The number of hydrogen-bond acceptors (Lipinski definition) is 0. The Morgan fingerprint density at radius 3 is 1.25 bits per heavy atom. The van der Waals surface area contributed by atoms with Gasteiger partial charge in [-0.25, -0.2) is 0 Å². The Bertz CT molecular complexity index is 6.00. The van der Waals surface area contributed by atoms with Gasteiger partial charge in [0, 0.05) is 17.1 Å². The third-order valence-electron chi connectivity index (χ3n) is 0. The molecule has 0 bridgehead atoms. The Kier molecular flexibility index (Phi) is 23.3. The molecule has 0 amide bonds. The first kappa shape index (κ1) is 10.0. The molecule has 4 heteroatoms. The first-order valence-electron chi connectivity index (χ1n) is 0.535. The van der Waals surface area contributed by atoms with Gasteiger partial charge in [-0.05, 0) is 0 Å². The summed E-state index contributed by atoms with van der Waals surface area (Å²) in [4.78, 5) is 0. The predicted molar refractivity (Wildman–Crippen MR) is 28.0 cm³/mol. The number of hydrogen-bond donors (Lipinski definition) is 0. The molecule has 0 aliphatic carbocycles. The van der Waals surface area contributed by atoms with Crippen molar-refractivity contribution in [3.8, 4) is 0 Å². The molecule has 27 valence electrons. The van der Waals surface area contributed by atoms with Crippen molar-refractivity contribution in [2.45, 2.75) is 0 Å². The van der Waals surface area contributed by atoms with Crippen LogP contribution < -0.4 is 0 Å². The first-order valence-corrected chi connectivity index (χ1v) is 31.5. The normalized spacial score (nSPS) is 2.50. The van der Waals surface area contributed by atoms with Gasteiger partial charge in [0.2, 0.25) is 0 Å². The van der Waals surface area contributed by atoms with E-state index in [2.05, 4.69) is 35.3 Å². The molecular weight excluding hydrogens is 518 g/mol. The van der Waals surface area contributed by atoms with Crippen molar-refractivity contribution >= 4 is 35.3 Å². The Labute approximate surface area is 66.5 Å². The Hall–Kier alpha value is 2.91. The molecule has 0 fully saturated rings. The average Bonchev–Trinajstić information content (AvgIpc) is 0.918. The van der Waals surface area contributed by atoms with Gasteiger partial charge in [0.15, 0.2) is 0 Å². The average molecular weight is 518 g/mol. The fraction of sp³-hybridized carbons (Fsp3) is 0. The van der Waals surface area contributed by atoms with Crippen LogP contribution in [0.25, 0.3) is 0 Å². The summed E-state index contributed by atoms with van der Waals surface area (Å²) < 4.78 is 0. The molecule has 0 aromatic heterocycles. The topological polar surface area (TPSA) is 0 Å². The van der Waals surface area contributed by atoms with Crippen LogP contribution in [0.1, 0.15) is 0 Å². The van der Waals surface area contributed by atoms with Crippen molar-refractivity contribution in [3.05, 3.63) is 0 Å². The van der Waals surface area contributed by atoms with Gasteiger partial charge in [-0.3, -0.25) is 0 Å². The van der Waals surface area contributed by atoms with Crippen LogP contribution in [-0.2, 0) is 33.0 Å². The van der Waals surface area contributed by atoms with Gasteiger partial charge in [0.25, 0.3) is 0 Å². The molecule has 1 radical (unpaired) electrons. The van der Waals surface area contributed by atoms with E-state index in [1.807, 2.05) is 0 Å². The fourth-order valence-corrected chi connectivity index (χ4v) is 0. The fourth-order valence-electron chi connectivity index (χ4n) is 0. The summed E-state index contributed by atoms with van der Waals surface area (Å²) in [7, 11) is 0. The van der Waals surface area contributed by atoms with E-state index < -0.39 is 0 Å². The van der Waals surface area contributed by atoms with Crippen LogP contribution in [0.2, 0.25) is 0 Å². The third kappa shape index (κ3) is 8.87. The van der Waals surface area contributed by atoms with Crippen LogP contribution in [-0.4, -0.2) is 0 Å². The van der Waals surface area contributed by atoms with E-state index in [1.54, 1.807) is 0 Å². The maximum absolute atomic E-state index is 2.50. The summed E-state index contributed by atoms with van der Waals surface area (Å²) >= 11 is 4.85. The Balaban J connectivity index is 0. The molecule has 0 aromatic rings. The summed E-state index contributed by atoms with van der Waals surface area (Å²) in [5.41, 5.74) is 0. The molecule has 0 spiro atoms. The van der Waals surface area contributed by atoms with E-state index in [0.717, 1.165) is 0 Å². The van der Waals surface area contributed by atoms with Crippen LogP contribution >= 0.6 is 35.3 Å². The van der Waals surface area contributed by atoms with Gasteiger partial charge < -0.3 is 0 Å². The summed E-state index contributed by atoms with van der Waals surface area (Å²) in [6.07, 6.45) is 0. The van der Waals surface area contributed by atoms with Crippen LogP contribution in [0.3, 0.4) is 0 Å². The van der Waals surface area contributed by atoms with Crippen molar-refractivity contribution in [2.75, 3.05) is 0 Å². The molecule has 0 nitrogen and oxygen atoms in total. The van der Waals surface area contributed by atoms with E-state index in [0.29, 0.717) is 0 Å². The molecule has 0 heterocycles. The first-order chi connectivity index (χ1) is 1.41. The molecule has 0 unspecified atom stereocenters. The van der Waals surface area contributed by atoms with Crippen LogP contribution in [0.15, 0.2) is 0 Å². The van der Waals surface area contributed by atoms with Crippen LogP contribution in [0.4, 0.5) is 0 Å². The molecule has 0 rings (SSSR count). The van der Waals surface area contributed by atoms with Crippen LogP contribution in [0, 0.1) is 0 Å². The monoisotopic (exact) mass is 519 g/mol. The zero-order valence-corrected chi connectivity index (χ0v) is 12.5. The summed E-state index contributed by atoms with van der Waals surface area (Å²) in [5, 5.41) is 0. The second kappa shape index (κ2) is 9.32. The summed E-state index contributed by atoms with van der Waals surface area (Å²) in [6, 6.07) is 0. The van der Waals surface area contributed by atoms with Gasteiger partial charge in [0.1, 0.15) is 0 Å². The van der Waals surface area contributed by atoms with Gasteiger partial charge in [-0.1, -0.05) is 0 Å². The standard InChI is InChI=1S/Cu.Hg.2HI/h;;2*1H/q;+2;;/p-2. The van der Waals surface area contributed by atoms with E-state index >= 15 is 0 Å². The quantitative estimate of drug-likeness (QED) is 0.339. The van der Waals surface area contributed by atoms with E-state index in [1.165, 1.54) is 0 Å². The Morgan fingerprint density at radius 2 is 1.25 bits per heavy atom. The number of rotatable bonds is 0. The van der Waals surface area contributed by atoms with Gasteiger partial charge in [-0.2, -0.15) is 0 Å². The van der Waals surface area contributed by atoms with Crippen molar-refractivity contribution < 1.29 is 33.0 Å². The van der Waals surface area contributed by atoms with Gasteiger partial charge in [-0.15, -0.1) is 0 Å². The third-order valence-corrected chi connectivity index (χ3v) is 0. The molecular formula is CuHgI2. The summed E-state index contributed by atoms with van der Waals surface area (Å²) in [6.45, 7) is 0. The van der Waals surface area contributed by atoms with E-state index in [4.69, 9.17) is 0 Å². The van der Waals surface area contributed by atoms with Gasteiger partial charge >= 0.3 is 51.2 Å². The maximum atomic E-state index is 2.50. The second-order valence-electron chi connectivity index (χ2n) is 0.101. The van der Waals surface area contributed by atoms with Crippen molar-refractivity contribution in [1.29, 1.82) is 0 Å². The SMILES string of the molecule is [Cu].[I][Hg][I]. The second-order valence-corrected chi connectivity index (χ2v) is 39.9. The Morgan fingerprint density at radius 1 is 1.25 bits per heavy atom. The van der Waals surface area contributed by atoms with E-state index in [-0.39, 0.29) is 33.0 Å². The molecule has 0 atom stereocenters. The van der Waals surface area contributed by atoms with Crippen molar-refractivity contribution in [3.63, 3.8) is 0 Å². The van der Waals surface area contributed by atoms with Crippen LogP contribution in [0.5, 0.6) is 0 Å². The predicted octanol–water partition coefficient (Wildman–Crippen LogP) is 1.77.